The van der Waals surface area contributed by atoms with Gasteiger partial charge in [0.1, 0.15) is 0 Å². The van der Waals surface area contributed by atoms with Crippen molar-refractivity contribution in [1.82, 2.24) is 0 Å². The zero-order valence-corrected chi connectivity index (χ0v) is 5.36. The summed E-state index contributed by atoms with van der Waals surface area (Å²) in [6.45, 7) is 0. The Kier molecular flexibility index (Phi) is 652. The molecule has 0 atom stereocenters. The molecule has 0 aliphatic rings. The molecule has 0 saturated heterocycles. The maximum atomic E-state index is 8.30. The van der Waals surface area contributed by atoms with E-state index in [1.54, 1.807) is 0 Å². The predicted molar refractivity (Wildman–Crippen MR) is 7.91 cm³/mol. The standard InChI is InChI=1S/Nb.Ni.2H2O.O/h;;2*1H2;. The van der Waals surface area contributed by atoms with Crippen LogP contribution in [-0.4, -0.2) is 11.0 Å². The average molecular weight is 204 g/mol. The van der Waals surface area contributed by atoms with Crippen LogP contribution in [0.1, 0.15) is 0 Å². The molecule has 37 valence electrons. The first-order valence-electron chi connectivity index (χ1n) is 0.183. The van der Waals surface area contributed by atoms with Gasteiger partial charge in [-0.05, 0) is 0 Å². The van der Waals surface area contributed by atoms with Crippen LogP contribution in [0.5, 0.6) is 0 Å². The summed E-state index contributed by atoms with van der Waals surface area (Å²) in [5.74, 6) is 0. The van der Waals surface area contributed by atoms with Crippen LogP contribution in [0.25, 0.3) is 0 Å². The second kappa shape index (κ2) is 85.1. The minimum absolute atomic E-state index is 0. The fourth-order valence-corrected chi connectivity index (χ4v) is 0. The Balaban J connectivity index is -0.00000000167. The Morgan fingerprint density at radius 1 is 1.00 bits per heavy atom. The van der Waals surface area contributed by atoms with Gasteiger partial charge >= 0.3 is 24.3 Å². The Labute approximate surface area is 51.9 Å². The van der Waals surface area contributed by atoms with E-state index in [0.717, 1.165) is 0 Å². The SMILES string of the molecule is O.O.[Ni].[O]=[Nb]. The third-order valence-electron chi connectivity index (χ3n) is 0. The molecule has 0 radical (unpaired) electrons. The fourth-order valence-electron chi connectivity index (χ4n) is 0. The number of rotatable bonds is 0. The molecule has 0 bridgehead atoms. The molecule has 0 unspecified atom stereocenters. The van der Waals surface area contributed by atoms with Gasteiger partial charge in [-0.25, -0.2) is 0 Å². The molecule has 0 rings (SSSR count). The summed E-state index contributed by atoms with van der Waals surface area (Å²) in [5, 5.41) is 0. The third kappa shape index (κ3) is 47.5. The molecule has 0 aromatic heterocycles. The van der Waals surface area contributed by atoms with E-state index in [0.29, 0.717) is 21.0 Å². The van der Waals surface area contributed by atoms with Gasteiger partial charge in [0.2, 0.25) is 0 Å². The molecular weight excluding hydrogens is 200 g/mol. The van der Waals surface area contributed by atoms with Crippen LogP contribution < -0.4 is 0 Å². The second-order valence-electron chi connectivity index (χ2n) is 0. The van der Waals surface area contributed by atoms with Gasteiger partial charge in [0.15, 0.2) is 0 Å². The van der Waals surface area contributed by atoms with Crippen LogP contribution in [0.4, 0.5) is 0 Å². The van der Waals surface area contributed by atoms with Gasteiger partial charge in [-0.2, -0.15) is 0 Å². The number of hydrogen-bond donors (Lipinski definition) is 0. The van der Waals surface area contributed by atoms with Crippen LogP contribution >= 0.6 is 0 Å². The Morgan fingerprint density at radius 2 is 1.00 bits per heavy atom. The summed E-state index contributed by atoms with van der Waals surface area (Å²) < 4.78 is 8.30. The summed E-state index contributed by atoms with van der Waals surface area (Å²) in [5.41, 5.74) is 0. The van der Waals surface area contributed by atoms with Crippen molar-refractivity contribution in [2.75, 3.05) is 0 Å². The van der Waals surface area contributed by atoms with E-state index in [1.165, 1.54) is 0 Å². The molecule has 5 heavy (non-hydrogen) atoms. The van der Waals surface area contributed by atoms with E-state index < -0.39 is 0 Å². The van der Waals surface area contributed by atoms with Gasteiger partial charge in [-0.15, -0.1) is 0 Å². The van der Waals surface area contributed by atoms with Crippen molar-refractivity contribution >= 4 is 0 Å². The first kappa shape index (κ1) is 38.3. The molecule has 0 aliphatic heterocycles. The molecule has 4 N–H and O–H groups in total. The average Bonchev–Trinajstić information content (AvgIpc) is 1.00. The Morgan fingerprint density at radius 3 is 1.00 bits per heavy atom. The molecule has 0 saturated carbocycles. The van der Waals surface area contributed by atoms with Gasteiger partial charge in [-0.1, -0.05) is 0 Å². The Bertz CT molecular complexity index is 6.85. The summed E-state index contributed by atoms with van der Waals surface area (Å²) in [6.07, 6.45) is 0. The van der Waals surface area contributed by atoms with E-state index in [-0.39, 0.29) is 27.4 Å². The van der Waals surface area contributed by atoms with Crippen LogP contribution in [0.2, 0.25) is 0 Å². The van der Waals surface area contributed by atoms with Gasteiger partial charge in [0.05, 0.1) is 0 Å². The van der Waals surface area contributed by atoms with Crippen molar-refractivity contribution in [2.45, 2.75) is 0 Å². The van der Waals surface area contributed by atoms with Crippen molar-refractivity contribution < 1.29 is 51.7 Å². The zero-order chi connectivity index (χ0) is 2.00. The van der Waals surface area contributed by atoms with E-state index in [1.807, 2.05) is 0 Å². The predicted octanol–water partition coefficient (Wildman–Crippen LogP) is -1.77. The van der Waals surface area contributed by atoms with Crippen LogP contribution in [-0.2, 0) is 40.8 Å². The van der Waals surface area contributed by atoms with Crippen molar-refractivity contribution in [1.29, 1.82) is 0 Å². The first-order valence-corrected chi connectivity index (χ1v) is 1.08. The van der Waals surface area contributed by atoms with E-state index in [2.05, 4.69) is 0 Å². The summed E-state index contributed by atoms with van der Waals surface area (Å²) in [6, 6.07) is 0. The molecule has 0 spiro atoms. The van der Waals surface area contributed by atoms with Gasteiger partial charge < -0.3 is 11.0 Å². The van der Waals surface area contributed by atoms with Crippen molar-refractivity contribution in [3.63, 3.8) is 0 Å². The van der Waals surface area contributed by atoms with Gasteiger partial charge in [0.25, 0.3) is 0 Å². The molecular formula is H4NbNiO3. The minimum atomic E-state index is 0. The number of hydrogen-bond acceptors (Lipinski definition) is 1. The summed E-state index contributed by atoms with van der Waals surface area (Å²) in [4.78, 5) is 0. The molecule has 5 heteroatoms. The van der Waals surface area contributed by atoms with E-state index in [9.17, 15) is 0 Å². The van der Waals surface area contributed by atoms with Crippen molar-refractivity contribution in [2.24, 2.45) is 0 Å². The van der Waals surface area contributed by atoms with Crippen LogP contribution in [0.3, 0.4) is 0 Å². The molecule has 0 amide bonds. The molecule has 3 nitrogen and oxygen atoms in total. The first-order chi connectivity index (χ1) is 1.00. The fraction of sp³-hybridized carbons (Fsp3) is 0. The van der Waals surface area contributed by atoms with E-state index >= 15 is 0 Å². The van der Waals surface area contributed by atoms with E-state index in [4.69, 9.17) is 3.25 Å². The Hall–Kier alpha value is 0.954. The molecule has 0 heterocycles. The van der Waals surface area contributed by atoms with Crippen LogP contribution in [0, 0.1) is 0 Å². The molecule has 0 fully saturated rings. The maximum absolute atomic E-state index is 8.30. The summed E-state index contributed by atoms with van der Waals surface area (Å²) >= 11 is 0.500. The quantitative estimate of drug-likeness (QED) is 0.429. The van der Waals surface area contributed by atoms with Crippen molar-refractivity contribution in [3.05, 3.63) is 0 Å². The monoisotopic (exact) mass is 203 g/mol. The third-order valence-corrected chi connectivity index (χ3v) is 0. The zero-order valence-electron chi connectivity index (χ0n) is 2.17. The van der Waals surface area contributed by atoms with Gasteiger partial charge in [0, 0.05) is 16.5 Å². The van der Waals surface area contributed by atoms with Crippen LogP contribution in [0.15, 0.2) is 0 Å². The topological polar surface area (TPSA) is 80.1 Å². The second-order valence-corrected chi connectivity index (χ2v) is 0. The summed E-state index contributed by atoms with van der Waals surface area (Å²) in [7, 11) is 0. The normalized spacial score (nSPS) is 0.600. The van der Waals surface area contributed by atoms with Gasteiger partial charge in [-0.3, -0.25) is 0 Å². The van der Waals surface area contributed by atoms with Crippen molar-refractivity contribution in [3.8, 4) is 0 Å². The molecule has 0 aromatic rings. The molecule has 0 aliphatic carbocycles. The molecule has 0 aromatic carbocycles.